The third kappa shape index (κ3) is 11.2. The average molecular weight is 137 g/mol. The molecule has 0 radical (unpaired) electrons. The number of aromatic amines is 1. The molecular weight excluding hydrogens is 133 g/mol. The molecule has 0 spiro atoms. The number of nitrogens with zero attached hydrogens (tertiary/aromatic N) is 3. The van der Waals surface area contributed by atoms with Crippen LogP contribution in [-0.2, 0) is 4.79 Å². The molecule has 44 valence electrons. The summed E-state index contributed by atoms with van der Waals surface area (Å²) in [6.45, 7) is 0. The number of aromatic nitrogens is 4. The van der Waals surface area contributed by atoms with Gasteiger partial charge in [-0.2, -0.15) is 5.21 Å². The van der Waals surface area contributed by atoms with E-state index in [1.165, 1.54) is 6.33 Å². The van der Waals surface area contributed by atoms with Crippen molar-refractivity contribution in [2.75, 3.05) is 0 Å². The van der Waals surface area contributed by atoms with Crippen molar-refractivity contribution in [3.63, 3.8) is 0 Å². The van der Waals surface area contributed by atoms with Crippen LogP contribution in [-0.4, -0.2) is 27.0 Å². The molecule has 0 aliphatic carbocycles. The van der Waals surface area contributed by atoms with Gasteiger partial charge in [-0.05, 0) is 0 Å². The third-order valence-electron chi connectivity index (χ3n) is 0.270. The maximum atomic E-state index is 8.47. The first-order valence-corrected chi connectivity index (χ1v) is 1.69. The molecule has 0 bridgehead atoms. The molecular formula is C2H4N5NaO. The quantitative estimate of drug-likeness (QED) is 0.295. The molecule has 7 heteroatoms. The van der Waals surface area contributed by atoms with E-state index < -0.39 is 0 Å². The molecule has 6 nitrogen and oxygen atoms in total. The predicted molar refractivity (Wildman–Crippen MR) is 24.6 cm³/mol. The molecule has 0 saturated carbocycles. The van der Waals surface area contributed by atoms with Crippen LogP contribution in [0.1, 0.15) is 0 Å². The molecule has 0 aliphatic heterocycles. The van der Waals surface area contributed by atoms with Crippen LogP contribution in [0.15, 0.2) is 6.33 Å². The van der Waals surface area contributed by atoms with Crippen molar-refractivity contribution in [1.82, 2.24) is 20.6 Å². The number of hydrogen-bond acceptors (Lipinski definition) is 4. The first-order valence-electron chi connectivity index (χ1n) is 1.69. The van der Waals surface area contributed by atoms with Gasteiger partial charge < -0.3 is 10.5 Å². The topological polar surface area (TPSA) is 95.3 Å². The molecule has 1 aromatic rings. The number of rotatable bonds is 0. The van der Waals surface area contributed by atoms with Gasteiger partial charge in [0.2, 0.25) is 0 Å². The maximum absolute atomic E-state index is 8.47. The van der Waals surface area contributed by atoms with E-state index in [1.54, 1.807) is 0 Å². The number of H-pyrrole nitrogens is 1. The molecule has 0 fully saturated rings. The van der Waals surface area contributed by atoms with Gasteiger partial charge in [-0.25, -0.2) is 0 Å². The van der Waals surface area contributed by atoms with Crippen molar-refractivity contribution in [2.45, 2.75) is 0 Å². The van der Waals surface area contributed by atoms with Gasteiger partial charge in [0, 0.05) is 6.41 Å². The summed E-state index contributed by atoms with van der Waals surface area (Å²) in [5.74, 6) is 0. The smallest absolute Gasteiger partial charge is 0.671 e. The minimum absolute atomic E-state index is 0. The zero-order valence-corrected chi connectivity index (χ0v) is 6.90. The second-order valence-corrected chi connectivity index (χ2v) is 0.678. The van der Waals surface area contributed by atoms with E-state index in [9.17, 15) is 0 Å². The van der Waals surface area contributed by atoms with Gasteiger partial charge in [0.05, 0.1) is 0 Å². The van der Waals surface area contributed by atoms with E-state index in [4.69, 9.17) is 10.5 Å². The van der Waals surface area contributed by atoms with Gasteiger partial charge >= 0.3 is 29.6 Å². The molecule has 0 unspecified atom stereocenters. The predicted octanol–water partition coefficient (Wildman–Crippen LogP) is -3.60. The standard InChI is InChI=1S/CH2N4.CH3NO.Na/c1-2-4-5-3-1;2-1-3;/h1H,(H,2,3,4,5);1H,(H2,2,3);/q;;+1/p-1. The molecule has 2 N–H and O–H groups in total. The Balaban J connectivity index is 0. The summed E-state index contributed by atoms with van der Waals surface area (Å²) in [7, 11) is 0. The van der Waals surface area contributed by atoms with Crippen LogP contribution in [0.2, 0.25) is 0 Å². The van der Waals surface area contributed by atoms with E-state index in [-0.39, 0.29) is 36.0 Å². The molecule has 1 amide bonds. The van der Waals surface area contributed by atoms with Gasteiger partial charge in [0.25, 0.3) is 0 Å². The number of nitrogens with one attached hydrogen (secondary N) is 2. The third-order valence-corrected chi connectivity index (χ3v) is 0.270. The number of hydrogen-bond donors (Lipinski definition) is 1. The summed E-state index contributed by atoms with van der Waals surface area (Å²) in [4.78, 5) is 8.47. The van der Waals surface area contributed by atoms with Crippen molar-refractivity contribution in [3.8, 4) is 0 Å². The van der Waals surface area contributed by atoms with Crippen LogP contribution in [0.25, 0.3) is 5.73 Å². The molecule has 0 saturated heterocycles. The zero-order chi connectivity index (χ0) is 6.24. The fourth-order valence-electron chi connectivity index (χ4n) is 0.129. The Morgan fingerprint density at radius 2 is 2.22 bits per heavy atom. The number of amides is 1. The van der Waals surface area contributed by atoms with E-state index in [0.717, 1.165) is 0 Å². The molecule has 0 aromatic carbocycles. The van der Waals surface area contributed by atoms with Crippen molar-refractivity contribution >= 4 is 6.41 Å². The average Bonchev–Trinajstić information content (AvgIpc) is 2.17. The molecule has 1 aromatic heterocycles. The molecule has 1 rings (SSSR count). The second kappa shape index (κ2) is 10.5. The van der Waals surface area contributed by atoms with Crippen LogP contribution in [0, 0.1) is 0 Å². The summed E-state index contributed by atoms with van der Waals surface area (Å²) >= 11 is 0. The van der Waals surface area contributed by atoms with Gasteiger partial charge in [0.1, 0.15) is 0 Å². The summed E-state index contributed by atoms with van der Waals surface area (Å²) in [5.41, 5.74) is 5.53. The fraction of sp³-hybridized carbons (Fsp3) is 0. The minimum atomic E-state index is 0. The number of carbonyl (C=O) groups excluding carboxylic acids is 1. The van der Waals surface area contributed by atoms with E-state index in [0.29, 0.717) is 0 Å². The number of tetrazole rings is 1. The van der Waals surface area contributed by atoms with Gasteiger partial charge in [-0.3, -0.25) is 0 Å². The summed E-state index contributed by atoms with van der Waals surface area (Å²) in [5, 5.41) is 12.2. The second-order valence-electron chi connectivity index (χ2n) is 0.678. The number of carbonyl (C=O) groups is 1. The van der Waals surface area contributed by atoms with Crippen molar-refractivity contribution in [3.05, 3.63) is 12.1 Å². The molecule has 0 aliphatic rings. The first-order chi connectivity index (χ1) is 3.91. The Kier molecular flexibility index (Phi) is 13.3. The van der Waals surface area contributed by atoms with Crippen LogP contribution >= 0.6 is 0 Å². The van der Waals surface area contributed by atoms with Crippen molar-refractivity contribution in [1.29, 1.82) is 0 Å². The van der Waals surface area contributed by atoms with E-state index >= 15 is 0 Å². The summed E-state index contributed by atoms with van der Waals surface area (Å²) in [6, 6.07) is 0. The van der Waals surface area contributed by atoms with Crippen LogP contribution in [0.5, 0.6) is 0 Å². The first kappa shape index (κ1) is 11.4. The van der Waals surface area contributed by atoms with Crippen LogP contribution < -0.4 is 29.6 Å². The van der Waals surface area contributed by atoms with Crippen LogP contribution in [0.4, 0.5) is 0 Å². The Morgan fingerprint density at radius 1 is 1.67 bits per heavy atom. The monoisotopic (exact) mass is 137 g/mol. The molecule has 0 atom stereocenters. The Bertz CT molecular complexity index is 101. The zero-order valence-electron chi connectivity index (χ0n) is 4.90. The largest absolute Gasteiger partial charge is 1.00 e. The SMILES string of the molecule is [NH-]C=O.[Na+].c1nn[nH]n1. The summed E-state index contributed by atoms with van der Waals surface area (Å²) in [6.07, 6.45) is 1.33. The van der Waals surface area contributed by atoms with Crippen molar-refractivity contribution in [2.24, 2.45) is 0 Å². The van der Waals surface area contributed by atoms with Gasteiger partial charge in [-0.1, -0.05) is 5.21 Å². The molecule has 9 heavy (non-hydrogen) atoms. The normalized spacial score (nSPS) is 5.78. The maximum Gasteiger partial charge on any atom is 1.00 e. The van der Waals surface area contributed by atoms with E-state index in [1.807, 2.05) is 0 Å². The van der Waals surface area contributed by atoms with Crippen molar-refractivity contribution < 1.29 is 34.4 Å². The van der Waals surface area contributed by atoms with Crippen LogP contribution in [0.3, 0.4) is 0 Å². The van der Waals surface area contributed by atoms with Gasteiger partial charge in [0.15, 0.2) is 6.33 Å². The molecule has 1 heterocycles. The Labute approximate surface area is 73.5 Å². The fourth-order valence-corrected chi connectivity index (χ4v) is 0.129. The summed E-state index contributed by atoms with van der Waals surface area (Å²) < 4.78 is 0. The Morgan fingerprint density at radius 3 is 2.33 bits per heavy atom. The van der Waals surface area contributed by atoms with E-state index in [2.05, 4.69) is 20.6 Å². The van der Waals surface area contributed by atoms with Gasteiger partial charge in [-0.15, -0.1) is 10.2 Å². The minimum Gasteiger partial charge on any atom is -0.671 e. The Hall–Kier alpha value is -0.460.